The van der Waals surface area contributed by atoms with Gasteiger partial charge in [-0.15, -0.1) is 0 Å². The van der Waals surface area contributed by atoms with Crippen molar-refractivity contribution in [3.8, 4) is 0 Å². The van der Waals surface area contributed by atoms with Crippen molar-refractivity contribution in [3.63, 3.8) is 0 Å². The lowest BCUT2D eigenvalue weighted by atomic mass is 10.1. The molecule has 0 aliphatic carbocycles. The minimum absolute atomic E-state index is 0.179. The number of aliphatic hydroxyl groups excluding tert-OH is 1. The summed E-state index contributed by atoms with van der Waals surface area (Å²) in [5, 5.41) is 13.5. The highest BCUT2D eigenvalue weighted by molar-refractivity contribution is 7.89. The Labute approximate surface area is 129 Å². The Morgan fingerprint density at radius 3 is 2.67 bits per heavy atom. The highest BCUT2D eigenvalue weighted by Gasteiger charge is 2.18. The maximum atomic E-state index is 12.4. The summed E-state index contributed by atoms with van der Waals surface area (Å²) in [4.78, 5) is 0.179. The second-order valence-corrected chi connectivity index (χ2v) is 7.60. The Hall–Kier alpha value is -1.21. The first-order chi connectivity index (χ1) is 9.88. The summed E-state index contributed by atoms with van der Waals surface area (Å²) >= 11 is 1.60. The Bertz CT molecular complexity index is 679. The number of thiophene rings is 1. The van der Waals surface area contributed by atoms with E-state index in [1.165, 1.54) is 12.1 Å². The molecule has 0 saturated carbocycles. The van der Waals surface area contributed by atoms with E-state index in [1.54, 1.807) is 30.4 Å². The van der Waals surface area contributed by atoms with E-state index in [1.807, 2.05) is 23.8 Å². The van der Waals surface area contributed by atoms with Gasteiger partial charge in [-0.05, 0) is 60.4 Å². The SMILES string of the molecule is CC(Cc1ccsc1)NS(=O)(=O)c1cccc(C(C)O)c1. The fraction of sp³-hybridized carbons (Fsp3) is 0.333. The van der Waals surface area contributed by atoms with Gasteiger partial charge in [-0.3, -0.25) is 0 Å². The third-order valence-electron chi connectivity index (χ3n) is 3.13. The predicted molar refractivity (Wildman–Crippen MR) is 84.9 cm³/mol. The molecule has 21 heavy (non-hydrogen) atoms. The predicted octanol–water partition coefficient (Wildman–Crippen LogP) is 2.71. The molecule has 0 fully saturated rings. The van der Waals surface area contributed by atoms with Crippen molar-refractivity contribution < 1.29 is 13.5 Å². The molecule has 2 N–H and O–H groups in total. The van der Waals surface area contributed by atoms with E-state index in [9.17, 15) is 13.5 Å². The van der Waals surface area contributed by atoms with Crippen LogP contribution in [0.15, 0.2) is 46.0 Å². The molecular formula is C15H19NO3S2. The van der Waals surface area contributed by atoms with Crippen LogP contribution in [0.25, 0.3) is 0 Å². The van der Waals surface area contributed by atoms with Crippen LogP contribution < -0.4 is 4.72 Å². The van der Waals surface area contributed by atoms with Gasteiger partial charge < -0.3 is 5.11 Å². The topological polar surface area (TPSA) is 66.4 Å². The van der Waals surface area contributed by atoms with Gasteiger partial charge in [-0.1, -0.05) is 12.1 Å². The molecule has 0 aliphatic heterocycles. The normalized spacial score (nSPS) is 14.8. The molecule has 114 valence electrons. The van der Waals surface area contributed by atoms with E-state index >= 15 is 0 Å². The molecule has 2 rings (SSSR count). The van der Waals surface area contributed by atoms with Gasteiger partial charge in [-0.25, -0.2) is 13.1 Å². The van der Waals surface area contributed by atoms with Gasteiger partial charge in [-0.2, -0.15) is 11.3 Å². The smallest absolute Gasteiger partial charge is 0.240 e. The van der Waals surface area contributed by atoms with Crippen LogP contribution in [0.4, 0.5) is 0 Å². The fourth-order valence-corrected chi connectivity index (χ4v) is 4.06. The van der Waals surface area contributed by atoms with Crippen LogP contribution in [-0.4, -0.2) is 19.6 Å². The lowest BCUT2D eigenvalue weighted by Crippen LogP contribution is -2.34. The van der Waals surface area contributed by atoms with E-state index in [-0.39, 0.29) is 10.9 Å². The summed E-state index contributed by atoms with van der Waals surface area (Å²) in [6.45, 7) is 3.45. The molecule has 4 nitrogen and oxygen atoms in total. The molecular weight excluding hydrogens is 306 g/mol. The lowest BCUT2D eigenvalue weighted by molar-refractivity contribution is 0.199. The van der Waals surface area contributed by atoms with Crippen molar-refractivity contribution in [2.75, 3.05) is 0 Å². The van der Waals surface area contributed by atoms with Crippen LogP contribution in [0.1, 0.15) is 31.1 Å². The minimum atomic E-state index is -3.58. The number of benzene rings is 1. The van der Waals surface area contributed by atoms with Crippen LogP contribution in [0.3, 0.4) is 0 Å². The zero-order chi connectivity index (χ0) is 15.5. The molecule has 1 aromatic heterocycles. The van der Waals surface area contributed by atoms with Gasteiger partial charge in [0.2, 0.25) is 10.0 Å². The van der Waals surface area contributed by atoms with Crippen LogP contribution >= 0.6 is 11.3 Å². The van der Waals surface area contributed by atoms with Gasteiger partial charge in [0.15, 0.2) is 0 Å². The van der Waals surface area contributed by atoms with Crippen LogP contribution in [0.5, 0.6) is 0 Å². The Kier molecular flexibility index (Phi) is 5.16. The molecule has 0 bridgehead atoms. The third kappa shape index (κ3) is 4.38. The molecule has 0 amide bonds. The maximum Gasteiger partial charge on any atom is 0.240 e. The molecule has 1 heterocycles. The molecule has 1 aromatic carbocycles. The van der Waals surface area contributed by atoms with Crippen molar-refractivity contribution in [2.24, 2.45) is 0 Å². The van der Waals surface area contributed by atoms with E-state index in [4.69, 9.17) is 0 Å². The molecule has 0 radical (unpaired) electrons. The first-order valence-electron chi connectivity index (χ1n) is 6.70. The summed E-state index contributed by atoms with van der Waals surface area (Å²) in [5.41, 5.74) is 1.70. The summed E-state index contributed by atoms with van der Waals surface area (Å²) in [5.74, 6) is 0. The maximum absolute atomic E-state index is 12.4. The lowest BCUT2D eigenvalue weighted by Gasteiger charge is -2.14. The molecule has 2 atom stereocenters. The largest absolute Gasteiger partial charge is 0.389 e. The number of sulfonamides is 1. The average Bonchev–Trinajstić information content (AvgIpc) is 2.91. The van der Waals surface area contributed by atoms with Gasteiger partial charge in [0.1, 0.15) is 0 Å². The Balaban J connectivity index is 2.12. The molecule has 0 spiro atoms. The van der Waals surface area contributed by atoms with E-state index in [0.29, 0.717) is 12.0 Å². The van der Waals surface area contributed by atoms with Crippen LogP contribution in [0.2, 0.25) is 0 Å². The molecule has 2 aromatic rings. The van der Waals surface area contributed by atoms with Crippen molar-refractivity contribution in [3.05, 3.63) is 52.2 Å². The second kappa shape index (κ2) is 6.70. The molecule has 6 heteroatoms. The molecule has 0 aliphatic rings. The van der Waals surface area contributed by atoms with Gasteiger partial charge >= 0.3 is 0 Å². The summed E-state index contributed by atoms with van der Waals surface area (Å²) in [7, 11) is -3.58. The number of nitrogens with one attached hydrogen (secondary N) is 1. The quantitative estimate of drug-likeness (QED) is 0.858. The zero-order valence-electron chi connectivity index (χ0n) is 12.0. The number of hydrogen-bond donors (Lipinski definition) is 2. The first kappa shape index (κ1) is 16.2. The summed E-state index contributed by atoms with van der Waals surface area (Å²) in [6, 6.07) is 8.18. The number of aliphatic hydroxyl groups is 1. The fourth-order valence-electron chi connectivity index (χ4n) is 2.08. The van der Waals surface area contributed by atoms with Crippen LogP contribution in [-0.2, 0) is 16.4 Å². The van der Waals surface area contributed by atoms with E-state index < -0.39 is 16.1 Å². The van der Waals surface area contributed by atoms with Crippen molar-refractivity contribution in [2.45, 2.75) is 37.3 Å². The Morgan fingerprint density at radius 2 is 2.05 bits per heavy atom. The van der Waals surface area contributed by atoms with Crippen molar-refractivity contribution in [1.82, 2.24) is 4.72 Å². The van der Waals surface area contributed by atoms with Crippen molar-refractivity contribution in [1.29, 1.82) is 0 Å². The van der Waals surface area contributed by atoms with Gasteiger partial charge in [0.05, 0.1) is 11.0 Å². The van der Waals surface area contributed by atoms with Gasteiger partial charge in [0.25, 0.3) is 0 Å². The first-order valence-corrected chi connectivity index (χ1v) is 9.12. The summed E-state index contributed by atoms with van der Waals surface area (Å²) < 4.78 is 27.4. The highest BCUT2D eigenvalue weighted by Crippen LogP contribution is 2.18. The van der Waals surface area contributed by atoms with Crippen molar-refractivity contribution >= 4 is 21.4 Å². The average molecular weight is 325 g/mol. The number of rotatable bonds is 6. The van der Waals surface area contributed by atoms with E-state index in [0.717, 1.165) is 5.56 Å². The minimum Gasteiger partial charge on any atom is -0.389 e. The second-order valence-electron chi connectivity index (χ2n) is 5.11. The van der Waals surface area contributed by atoms with E-state index in [2.05, 4.69) is 4.72 Å². The monoisotopic (exact) mass is 325 g/mol. The van der Waals surface area contributed by atoms with Crippen LogP contribution in [0, 0.1) is 0 Å². The standard InChI is InChI=1S/C15H19NO3S2/c1-11(8-13-6-7-20-10-13)16-21(18,19)15-5-3-4-14(9-15)12(2)17/h3-7,9-12,16-17H,8H2,1-2H3. The third-order valence-corrected chi connectivity index (χ3v) is 5.45. The molecule has 0 saturated heterocycles. The Morgan fingerprint density at radius 1 is 1.29 bits per heavy atom. The molecule has 2 unspecified atom stereocenters. The zero-order valence-corrected chi connectivity index (χ0v) is 13.6. The summed E-state index contributed by atoms with van der Waals surface area (Å²) in [6.07, 6.45) is -0.0397. The highest BCUT2D eigenvalue weighted by atomic mass is 32.2. The number of hydrogen-bond acceptors (Lipinski definition) is 4. The van der Waals surface area contributed by atoms with Gasteiger partial charge in [0, 0.05) is 6.04 Å².